The van der Waals surface area contributed by atoms with Gasteiger partial charge >= 0.3 is 0 Å². The van der Waals surface area contributed by atoms with E-state index in [2.05, 4.69) is 20.9 Å². The van der Waals surface area contributed by atoms with E-state index >= 15 is 0 Å². The van der Waals surface area contributed by atoms with Crippen molar-refractivity contribution in [2.45, 2.75) is 5.88 Å². The van der Waals surface area contributed by atoms with Crippen LogP contribution in [0.3, 0.4) is 0 Å². The SMILES string of the molecule is Fc1ccc(Oc2nc(Cl)c(CCl)s2)cc1Br. The molecule has 2 nitrogen and oxygen atoms in total. The summed E-state index contributed by atoms with van der Waals surface area (Å²) in [6.07, 6.45) is 0. The van der Waals surface area contributed by atoms with E-state index in [1.54, 1.807) is 0 Å². The second-order valence-corrected chi connectivity index (χ2v) is 5.53. The van der Waals surface area contributed by atoms with Crippen LogP contribution in [0.1, 0.15) is 4.88 Å². The van der Waals surface area contributed by atoms with Crippen molar-refractivity contribution < 1.29 is 9.13 Å². The van der Waals surface area contributed by atoms with E-state index in [0.717, 1.165) is 4.88 Å². The number of nitrogens with zero attached hydrogens (tertiary/aromatic N) is 1. The maximum atomic E-state index is 13.0. The summed E-state index contributed by atoms with van der Waals surface area (Å²) >= 11 is 15.8. The predicted molar refractivity (Wildman–Crippen MR) is 70.9 cm³/mol. The molecule has 0 unspecified atom stereocenters. The Morgan fingerprint density at radius 2 is 2.24 bits per heavy atom. The summed E-state index contributed by atoms with van der Waals surface area (Å²) in [5.74, 6) is 0.410. The van der Waals surface area contributed by atoms with Crippen molar-refractivity contribution in [3.63, 3.8) is 0 Å². The number of hydrogen-bond donors (Lipinski definition) is 0. The van der Waals surface area contributed by atoms with Gasteiger partial charge in [0.2, 0.25) is 0 Å². The zero-order chi connectivity index (χ0) is 12.4. The molecule has 0 spiro atoms. The number of thiazole rings is 1. The highest BCUT2D eigenvalue weighted by atomic mass is 79.9. The lowest BCUT2D eigenvalue weighted by molar-refractivity contribution is 0.476. The van der Waals surface area contributed by atoms with Crippen LogP contribution in [-0.2, 0) is 5.88 Å². The molecule has 1 heterocycles. The molecule has 0 bridgehead atoms. The normalized spacial score (nSPS) is 10.6. The summed E-state index contributed by atoms with van der Waals surface area (Å²) in [6, 6.07) is 4.33. The van der Waals surface area contributed by atoms with Crippen LogP contribution in [0.5, 0.6) is 10.9 Å². The van der Waals surface area contributed by atoms with Gasteiger partial charge in [-0.2, -0.15) is 4.98 Å². The maximum Gasteiger partial charge on any atom is 0.280 e. The molecule has 7 heteroatoms. The Bertz CT molecular complexity index is 549. The summed E-state index contributed by atoms with van der Waals surface area (Å²) in [7, 11) is 0. The van der Waals surface area contributed by atoms with Gasteiger partial charge in [-0.3, -0.25) is 0 Å². The highest BCUT2D eigenvalue weighted by Gasteiger charge is 2.10. The second kappa shape index (κ2) is 5.52. The molecular weight excluding hydrogens is 352 g/mol. The van der Waals surface area contributed by atoms with Gasteiger partial charge in [0, 0.05) is 0 Å². The number of ether oxygens (including phenoxy) is 1. The first-order valence-electron chi connectivity index (χ1n) is 4.44. The van der Waals surface area contributed by atoms with Gasteiger partial charge in [0.25, 0.3) is 5.19 Å². The highest BCUT2D eigenvalue weighted by molar-refractivity contribution is 9.10. The topological polar surface area (TPSA) is 22.1 Å². The lowest BCUT2D eigenvalue weighted by atomic mass is 10.3. The average Bonchev–Trinajstić information content (AvgIpc) is 2.64. The molecule has 0 amide bonds. The summed E-state index contributed by atoms with van der Waals surface area (Å²) in [4.78, 5) is 4.74. The van der Waals surface area contributed by atoms with Crippen LogP contribution < -0.4 is 4.74 Å². The summed E-state index contributed by atoms with van der Waals surface area (Å²) in [5, 5.41) is 0.713. The predicted octanol–water partition coefficient (Wildman–Crippen LogP) is 5.23. The van der Waals surface area contributed by atoms with Gasteiger partial charge in [0.05, 0.1) is 15.2 Å². The standard InChI is InChI=1S/C10H5BrCl2FNOS/c11-6-3-5(1-2-7(6)14)16-10-15-9(13)8(4-12)17-10/h1-3H,4H2. The molecule has 0 N–H and O–H groups in total. The van der Waals surface area contributed by atoms with Gasteiger partial charge in [-0.1, -0.05) is 22.9 Å². The van der Waals surface area contributed by atoms with Crippen LogP contribution in [-0.4, -0.2) is 4.98 Å². The molecule has 1 aromatic carbocycles. The maximum absolute atomic E-state index is 13.0. The lowest BCUT2D eigenvalue weighted by Gasteiger charge is -2.02. The van der Waals surface area contributed by atoms with Crippen molar-refractivity contribution in [3.05, 3.63) is 38.5 Å². The van der Waals surface area contributed by atoms with Crippen molar-refractivity contribution in [2.24, 2.45) is 0 Å². The van der Waals surface area contributed by atoms with E-state index < -0.39 is 0 Å². The molecule has 0 atom stereocenters. The van der Waals surface area contributed by atoms with E-state index in [9.17, 15) is 4.39 Å². The highest BCUT2D eigenvalue weighted by Crippen LogP contribution is 2.33. The zero-order valence-electron chi connectivity index (χ0n) is 8.21. The molecule has 90 valence electrons. The number of rotatable bonds is 3. The van der Waals surface area contributed by atoms with Crippen molar-refractivity contribution in [3.8, 4) is 10.9 Å². The van der Waals surface area contributed by atoms with E-state index in [0.29, 0.717) is 20.6 Å². The van der Waals surface area contributed by atoms with Crippen molar-refractivity contribution >= 4 is 50.5 Å². The van der Waals surface area contributed by atoms with Gasteiger partial charge in [-0.15, -0.1) is 11.6 Å². The Hall–Kier alpha value is -0.360. The molecule has 0 aliphatic carbocycles. The van der Waals surface area contributed by atoms with Gasteiger partial charge < -0.3 is 4.74 Å². The first kappa shape index (κ1) is 13.1. The van der Waals surface area contributed by atoms with Crippen LogP contribution in [0.2, 0.25) is 5.15 Å². The van der Waals surface area contributed by atoms with E-state index in [4.69, 9.17) is 27.9 Å². The minimum absolute atomic E-state index is 0.285. The minimum Gasteiger partial charge on any atom is -0.431 e. The number of halogens is 4. The second-order valence-electron chi connectivity index (χ2n) is 3.01. The fourth-order valence-electron chi connectivity index (χ4n) is 1.08. The van der Waals surface area contributed by atoms with E-state index in [1.807, 2.05) is 0 Å². The molecule has 0 saturated heterocycles. The van der Waals surface area contributed by atoms with Crippen LogP contribution >= 0.6 is 50.5 Å². The molecule has 2 aromatic rings. The fraction of sp³-hybridized carbons (Fsp3) is 0.100. The Morgan fingerprint density at radius 3 is 2.82 bits per heavy atom. The van der Waals surface area contributed by atoms with Crippen molar-refractivity contribution in [1.29, 1.82) is 0 Å². The monoisotopic (exact) mass is 355 g/mol. The number of alkyl halides is 1. The first-order valence-corrected chi connectivity index (χ1v) is 6.96. The van der Waals surface area contributed by atoms with Gasteiger partial charge in [-0.05, 0) is 34.1 Å². The molecule has 0 aliphatic heterocycles. The van der Waals surface area contributed by atoms with Gasteiger partial charge in [0.15, 0.2) is 0 Å². The third-order valence-electron chi connectivity index (χ3n) is 1.85. The van der Waals surface area contributed by atoms with Crippen LogP contribution in [0.4, 0.5) is 4.39 Å². The van der Waals surface area contributed by atoms with Crippen LogP contribution in [0.25, 0.3) is 0 Å². The number of aromatic nitrogens is 1. The largest absolute Gasteiger partial charge is 0.431 e. The minimum atomic E-state index is -0.351. The van der Waals surface area contributed by atoms with Crippen molar-refractivity contribution in [2.75, 3.05) is 0 Å². The third-order valence-corrected chi connectivity index (χ3v) is 4.24. The summed E-state index contributed by atoms with van der Waals surface area (Å²) in [6.45, 7) is 0. The molecule has 17 heavy (non-hydrogen) atoms. The molecule has 2 rings (SSSR count). The molecule has 0 radical (unpaired) electrons. The fourth-order valence-corrected chi connectivity index (χ4v) is 2.78. The first-order chi connectivity index (χ1) is 8.10. The molecule has 1 aromatic heterocycles. The molecular formula is C10H5BrCl2FNOS. The van der Waals surface area contributed by atoms with Gasteiger partial charge in [0.1, 0.15) is 16.7 Å². The Morgan fingerprint density at radius 1 is 1.47 bits per heavy atom. The lowest BCUT2D eigenvalue weighted by Crippen LogP contribution is -1.84. The molecule has 0 saturated carbocycles. The third kappa shape index (κ3) is 3.10. The Balaban J connectivity index is 2.22. The smallest absolute Gasteiger partial charge is 0.280 e. The summed E-state index contributed by atoms with van der Waals surface area (Å²) in [5.41, 5.74) is 0. The number of hydrogen-bond acceptors (Lipinski definition) is 3. The van der Waals surface area contributed by atoms with Crippen LogP contribution in [0.15, 0.2) is 22.7 Å². The Labute approximate surface area is 119 Å². The van der Waals surface area contributed by atoms with E-state index in [1.165, 1.54) is 29.5 Å². The molecule has 0 fully saturated rings. The van der Waals surface area contributed by atoms with E-state index in [-0.39, 0.29) is 11.7 Å². The van der Waals surface area contributed by atoms with Crippen LogP contribution in [0, 0.1) is 5.82 Å². The van der Waals surface area contributed by atoms with Crippen molar-refractivity contribution in [1.82, 2.24) is 4.98 Å². The Kier molecular flexibility index (Phi) is 4.25. The average molecular weight is 357 g/mol. The quantitative estimate of drug-likeness (QED) is 0.702. The number of benzene rings is 1. The molecule has 0 aliphatic rings. The summed E-state index contributed by atoms with van der Waals surface area (Å²) < 4.78 is 18.8. The van der Waals surface area contributed by atoms with Gasteiger partial charge in [-0.25, -0.2) is 4.39 Å². The zero-order valence-corrected chi connectivity index (χ0v) is 12.1.